The van der Waals surface area contributed by atoms with E-state index in [0.29, 0.717) is 0 Å². The number of rotatable bonds is 3. The Hall–Kier alpha value is -0.270. The average Bonchev–Trinajstić information content (AvgIpc) is 2.66. The van der Waals surface area contributed by atoms with Crippen LogP contribution in [0.2, 0.25) is 0 Å². The van der Waals surface area contributed by atoms with Crippen molar-refractivity contribution in [3.63, 3.8) is 0 Å². The number of carbonyl (C=O) groups excluding carboxylic acids is 1. The van der Waals surface area contributed by atoms with Crippen LogP contribution in [0.3, 0.4) is 0 Å². The van der Waals surface area contributed by atoms with Crippen molar-refractivity contribution in [2.24, 2.45) is 0 Å². The Morgan fingerprint density at radius 3 is 2.77 bits per heavy atom. The van der Waals surface area contributed by atoms with Crippen LogP contribution in [-0.4, -0.2) is 28.0 Å². The van der Waals surface area contributed by atoms with Crippen molar-refractivity contribution in [1.82, 2.24) is 5.32 Å². The van der Waals surface area contributed by atoms with Crippen LogP contribution < -0.4 is 5.32 Å². The molecule has 72 valence electrons. The summed E-state index contributed by atoms with van der Waals surface area (Å²) in [6.45, 7) is 1.97. The Labute approximate surface area is 87.6 Å². The quantitative estimate of drug-likeness (QED) is 0.720. The number of terminal acetylenes is 1. The molecular weight excluding hydrogens is 202 g/mol. The van der Waals surface area contributed by atoms with Crippen LogP contribution in [0.1, 0.15) is 13.3 Å². The lowest BCUT2D eigenvalue weighted by Gasteiger charge is -2.13. The van der Waals surface area contributed by atoms with Crippen molar-refractivity contribution in [2.45, 2.75) is 24.0 Å². The fourth-order valence-corrected chi connectivity index (χ4v) is 3.61. The molecule has 1 heterocycles. The molecule has 1 aliphatic rings. The molecule has 1 fully saturated rings. The van der Waals surface area contributed by atoms with E-state index in [1.807, 2.05) is 6.92 Å². The van der Waals surface area contributed by atoms with Gasteiger partial charge in [-0.15, -0.1) is 29.9 Å². The van der Waals surface area contributed by atoms with Gasteiger partial charge in [0, 0.05) is 11.5 Å². The highest BCUT2D eigenvalue weighted by Crippen LogP contribution is 2.31. The number of hydrogen-bond donors (Lipinski definition) is 1. The first kappa shape index (κ1) is 10.8. The molecule has 1 aliphatic heterocycles. The minimum absolute atomic E-state index is 0.0578. The predicted octanol–water partition coefficient (Wildman–Crippen LogP) is 1.32. The molecule has 1 N–H and O–H groups in total. The third-order valence-corrected chi connectivity index (χ3v) is 4.75. The first-order chi connectivity index (χ1) is 6.27. The summed E-state index contributed by atoms with van der Waals surface area (Å²) >= 11 is 3.39. The minimum atomic E-state index is -0.103. The third kappa shape index (κ3) is 3.17. The largest absolute Gasteiger partial charge is 0.341 e. The van der Waals surface area contributed by atoms with E-state index in [-0.39, 0.29) is 16.5 Å². The maximum absolute atomic E-state index is 11.5. The summed E-state index contributed by atoms with van der Waals surface area (Å²) in [5, 5.41) is 2.84. The van der Waals surface area contributed by atoms with Crippen LogP contribution in [-0.2, 0) is 4.79 Å². The fourth-order valence-electron chi connectivity index (χ4n) is 1.01. The smallest absolute Gasteiger partial charge is 0.244 e. The van der Waals surface area contributed by atoms with Gasteiger partial charge in [-0.3, -0.25) is 4.79 Å². The second-order valence-corrected chi connectivity index (χ2v) is 5.43. The summed E-state index contributed by atoms with van der Waals surface area (Å²) in [5.74, 6) is 4.77. The molecule has 1 amide bonds. The number of nitrogens with one attached hydrogen (secondary N) is 1. The molecule has 0 aromatic rings. The highest BCUT2D eigenvalue weighted by molar-refractivity contribution is 8.21. The van der Waals surface area contributed by atoms with Gasteiger partial charge in [-0.2, -0.15) is 0 Å². The van der Waals surface area contributed by atoms with Gasteiger partial charge < -0.3 is 5.32 Å². The topological polar surface area (TPSA) is 29.1 Å². The van der Waals surface area contributed by atoms with Crippen molar-refractivity contribution in [2.75, 3.05) is 11.5 Å². The zero-order valence-corrected chi connectivity index (χ0v) is 9.21. The molecule has 2 nitrogen and oxygen atoms in total. The minimum Gasteiger partial charge on any atom is -0.341 e. The molecule has 1 rings (SSSR count). The molecule has 0 aromatic heterocycles. The maximum atomic E-state index is 11.5. The Morgan fingerprint density at radius 1 is 1.69 bits per heavy atom. The summed E-state index contributed by atoms with van der Waals surface area (Å²) in [4.78, 5) is 11.5. The summed E-state index contributed by atoms with van der Waals surface area (Å²) in [5.41, 5.74) is 0. The molecule has 0 bridgehead atoms. The second kappa shape index (κ2) is 5.46. The summed E-state index contributed by atoms with van der Waals surface area (Å²) in [6, 6.07) is -0.103. The van der Waals surface area contributed by atoms with E-state index < -0.39 is 0 Å². The van der Waals surface area contributed by atoms with Crippen molar-refractivity contribution >= 4 is 29.4 Å². The van der Waals surface area contributed by atoms with E-state index in [4.69, 9.17) is 6.42 Å². The fraction of sp³-hybridized carbons (Fsp3) is 0.667. The first-order valence-corrected chi connectivity index (χ1v) is 6.37. The molecule has 1 saturated heterocycles. The number of amides is 1. The first-order valence-electron chi connectivity index (χ1n) is 4.27. The highest BCUT2D eigenvalue weighted by atomic mass is 32.2. The zero-order chi connectivity index (χ0) is 9.68. The number of hydrogen-bond acceptors (Lipinski definition) is 3. The van der Waals surface area contributed by atoms with Crippen molar-refractivity contribution < 1.29 is 4.79 Å². The lowest BCUT2D eigenvalue weighted by atomic mass is 10.2. The second-order valence-electron chi connectivity index (χ2n) is 2.71. The Morgan fingerprint density at radius 2 is 2.31 bits per heavy atom. The molecule has 4 heteroatoms. The van der Waals surface area contributed by atoms with Crippen molar-refractivity contribution in [1.29, 1.82) is 0 Å². The van der Waals surface area contributed by atoms with Crippen LogP contribution in [0.15, 0.2) is 0 Å². The van der Waals surface area contributed by atoms with E-state index in [9.17, 15) is 4.79 Å². The molecule has 0 radical (unpaired) electrons. The molecule has 0 spiro atoms. The van der Waals surface area contributed by atoms with Gasteiger partial charge in [0.05, 0.1) is 6.04 Å². The standard InChI is InChI=1S/C9H13NOS2/c1-3-7(4-2)10-8(11)9-12-5-6-13-9/h1,7,9H,4-6H2,2H3,(H,10,11). The molecule has 0 aromatic carbocycles. The van der Waals surface area contributed by atoms with Crippen LogP contribution in [0, 0.1) is 12.3 Å². The SMILES string of the molecule is C#CC(CC)NC(=O)C1SCCS1. The monoisotopic (exact) mass is 215 g/mol. The van der Waals surface area contributed by atoms with Gasteiger partial charge in [0.2, 0.25) is 5.91 Å². The van der Waals surface area contributed by atoms with E-state index >= 15 is 0 Å². The highest BCUT2D eigenvalue weighted by Gasteiger charge is 2.24. The zero-order valence-electron chi connectivity index (χ0n) is 7.58. The van der Waals surface area contributed by atoms with Crippen LogP contribution in [0.5, 0.6) is 0 Å². The van der Waals surface area contributed by atoms with Gasteiger partial charge in [0.1, 0.15) is 4.58 Å². The Balaban J connectivity index is 2.35. The summed E-state index contributed by atoms with van der Waals surface area (Å²) < 4.78 is 0.0578. The molecular formula is C9H13NOS2. The Kier molecular flexibility index (Phi) is 4.54. The van der Waals surface area contributed by atoms with Gasteiger partial charge >= 0.3 is 0 Å². The summed E-state index contributed by atoms with van der Waals surface area (Å²) in [7, 11) is 0. The van der Waals surface area contributed by atoms with Crippen LogP contribution in [0.25, 0.3) is 0 Å². The van der Waals surface area contributed by atoms with E-state index in [1.54, 1.807) is 23.5 Å². The normalized spacial score (nSPS) is 19.4. The van der Waals surface area contributed by atoms with Crippen LogP contribution in [0.4, 0.5) is 0 Å². The molecule has 13 heavy (non-hydrogen) atoms. The van der Waals surface area contributed by atoms with Gasteiger partial charge in [0.15, 0.2) is 0 Å². The van der Waals surface area contributed by atoms with E-state index in [2.05, 4.69) is 11.2 Å². The predicted molar refractivity (Wildman–Crippen MR) is 59.8 cm³/mol. The molecule has 1 unspecified atom stereocenters. The molecule has 1 atom stereocenters. The van der Waals surface area contributed by atoms with Gasteiger partial charge in [-0.25, -0.2) is 0 Å². The van der Waals surface area contributed by atoms with Gasteiger partial charge in [-0.05, 0) is 6.42 Å². The lowest BCUT2D eigenvalue weighted by molar-refractivity contribution is -0.119. The maximum Gasteiger partial charge on any atom is 0.244 e. The lowest BCUT2D eigenvalue weighted by Crippen LogP contribution is -2.37. The third-order valence-electron chi connectivity index (χ3n) is 1.76. The van der Waals surface area contributed by atoms with E-state index in [1.165, 1.54) is 0 Å². The average molecular weight is 215 g/mol. The van der Waals surface area contributed by atoms with Crippen LogP contribution >= 0.6 is 23.5 Å². The van der Waals surface area contributed by atoms with Gasteiger partial charge in [-0.1, -0.05) is 12.8 Å². The van der Waals surface area contributed by atoms with E-state index in [0.717, 1.165) is 17.9 Å². The van der Waals surface area contributed by atoms with Gasteiger partial charge in [0.25, 0.3) is 0 Å². The molecule has 0 aliphatic carbocycles. The number of carbonyl (C=O) groups is 1. The Bertz CT molecular complexity index is 218. The van der Waals surface area contributed by atoms with Crippen molar-refractivity contribution in [3.05, 3.63) is 0 Å². The molecule has 0 saturated carbocycles. The number of thioether (sulfide) groups is 2. The summed E-state index contributed by atoms with van der Waals surface area (Å²) in [6.07, 6.45) is 6.05. The van der Waals surface area contributed by atoms with Crippen molar-refractivity contribution in [3.8, 4) is 12.3 Å².